The van der Waals surface area contributed by atoms with Gasteiger partial charge in [-0.15, -0.1) is 0 Å². The molecule has 0 aliphatic rings. The standard InChI is InChI=1S/C19H35N7O7S/c1-3-9(2)14(18(32)33)26-17(31)12(8-34)25-16(30)11(7-13(27)28)24-15(29)10(20)5-4-6-23-19(21)22/h9-12,14,34H,3-8,20H2,1-2H3,(H,24,29)(H,25,30)(H,26,31)(H,27,28)(H,32,33)(H4,21,22,23). The maximum Gasteiger partial charge on any atom is 0.326 e. The normalized spacial score (nSPS) is 15.1. The third kappa shape index (κ3) is 11.7. The van der Waals surface area contributed by atoms with Crippen molar-refractivity contribution in [3.05, 3.63) is 0 Å². The number of rotatable bonds is 16. The number of nitrogens with zero attached hydrogens (tertiary/aromatic N) is 1. The van der Waals surface area contributed by atoms with Crippen LogP contribution in [0.5, 0.6) is 0 Å². The van der Waals surface area contributed by atoms with Crippen molar-refractivity contribution in [1.82, 2.24) is 16.0 Å². The van der Waals surface area contributed by atoms with Gasteiger partial charge in [-0.3, -0.25) is 24.2 Å². The van der Waals surface area contributed by atoms with E-state index in [-0.39, 0.29) is 30.6 Å². The number of carbonyl (C=O) groups is 5. The van der Waals surface area contributed by atoms with E-state index in [1.54, 1.807) is 13.8 Å². The molecule has 5 atom stereocenters. The van der Waals surface area contributed by atoms with Crippen LogP contribution in [0.2, 0.25) is 0 Å². The number of carboxylic acids is 2. The van der Waals surface area contributed by atoms with Gasteiger partial charge in [0.1, 0.15) is 18.1 Å². The molecule has 0 rings (SSSR count). The molecule has 0 aromatic heterocycles. The van der Waals surface area contributed by atoms with Crippen molar-refractivity contribution < 1.29 is 34.2 Å². The van der Waals surface area contributed by atoms with Gasteiger partial charge < -0.3 is 43.4 Å². The van der Waals surface area contributed by atoms with Gasteiger partial charge in [0.2, 0.25) is 17.7 Å². The van der Waals surface area contributed by atoms with Crippen molar-refractivity contribution in [1.29, 1.82) is 0 Å². The predicted molar refractivity (Wildman–Crippen MR) is 127 cm³/mol. The van der Waals surface area contributed by atoms with E-state index in [9.17, 15) is 29.1 Å². The highest BCUT2D eigenvalue weighted by atomic mass is 32.1. The average molecular weight is 506 g/mol. The molecule has 0 aliphatic carbocycles. The van der Waals surface area contributed by atoms with Crippen LogP contribution < -0.4 is 33.2 Å². The highest BCUT2D eigenvalue weighted by molar-refractivity contribution is 7.80. The molecule has 0 saturated heterocycles. The summed E-state index contributed by atoms with van der Waals surface area (Å²) in [5, 5.41) is 25.4. The number of thiol groups is 1. The molecular weight excluding hydrogens is 470 g/mol. The fourth-order valence-electron chi connectivity index (χ4n) is 2.72. The number of nitrogens with one attached hydrogen (secondary N) is 3. The quantitative estimate of drug-likeness (QED) is 0.0456. The van der Waals surface area contributed by atoms with Gasteiger partial charge in [0.05, 0.1) is 12.5 Å². The lowest BCUT2D eigenvalue weighted by Gasteiger charge is -2.25. The number of carbonyl (C=O) groups excluding carboxylic acids is 3. The molecular formula is C19H35N7O7S. The van der Waals surface area contributed by atoms with Crippen LogP contribution in [0, 0.1) is 5.92 Å². The first-order valence-electron chi connectivity index (χ1n) is 10.6. The molecule has 0 aromatic carbocycles. The Kier molecular flexibility index (Phi) is 14.3. The second kappa shape index (κ2) is 15.7. The first-order valence-corrected chi connectivity index (χ1v) is 11.2. The predicted octanol–water partition coefficient (Wildman–Crippen LogP) is -2.64. The fraction of sp³-hybridized carbons (Fsp3) is 0.684. The number of amides is 3. The minimum atomic E-state index is -1.53. The Balaban J connectivity index is 5.21. The molecule has 194 valence electrons. The molecule has 0 radical (unpaired) electrons. The summed E-state index contributed by atoms with van der Waals surface area (Å²) < 4.78 is 0. The fourth-order valence-corrected chi connectivity index (χ4v) is 2.97. The van der Waals surface area contributed by atoms with Gasteiger partial charge in [-0.2, -0.15) is 12.6 Å². The Morgan fingerprint density at radius 3 is 2.00 bits per heavy atom. The molecule has 5 unspecified atom stereocenters. The third-order valence-electron chi connectivity index (χ3n) is 4.91. The van der Waals surface area contributed by atoms with Crippen LogP contribution in [0.25, 0.3) is 0 Å². The first kappa shape index (κ1) is 30.9. The molecule has 0 bridgehead atoms. The summed E-state index contributed by atoms with van der Waals surface area (Å²) in [6.45, 7) is 3.64. The molecule has 15 heteroatoms. The van der Waals surface area contributed by atoms with Crippen molar-refractivity contribution in [3.63, 3.8) is 0 Å². The van der Waals surface area contributed by atoms with Crippen LogP contribution in [0.1, 0.15) is 39.5 Å². The van der Waals surface area contributed by atoms with Gasteiger partial charge in [-0.25, -0.2) is 4.79 Å². The Morgan fingerprint density at radius 2 is 1.53 bits per heavy atom. The smallest absolute Gasteiger partial charge is 0.326 e. The maximum absolute atomic E-state index is 12.6. The lowest BCUT2D eigenvalue weighted by atomic mass is 9.99. The minimum Gasteiger partial charge on any atom is -0.481 e. The van der Waals surface area contributed by atoms with E-state index in [1.807, 2.05) is 0 Å². The second-order valence-electron chi connectivity index (χ2n) is 7.67. The van der Waals surface area contributed by atoms with E-state index >= 15 is 0 Å². The number of nitrogens with two attached hydrogens (primary N) is 3. The molecule has 34 heavy (non-hydrogen) atoms. The van der Waals surface area contributed by atoms with Gasteiger partial charge >= 0.3 is 11.9 Å². The Labute approximate surface area is 202 Å². The summed E-state index contributed by atoms with van der Waals surface area (Å²) in [6.07, 6.45) is 0.237. The molecule has 0 fully saturated rings. The van der Waals surface area contributed by atoms with Gasteiger partial charge in [0.15, 0.2) is 5.96 Å². The number of carboxylic acid groups (broad SMARTS) is 2. The van der Waals surface area contributed by atoms with Gasteiger partial charge in [-0.1, -0.05) is 20.3 Å². The number of hydrogen-bond acceptors (Lipinski definition) is 8. The van der Waals surface area contributed by atoms with Gasteiger partial charge in [-0.05, 0) is 18.8 Å². The zero-order valence-corrected chi connectivity index (χ0v) is 20.1. The van der Waals surface area contributed by atoms with Crippen LogP contribution in [-0.4, -0.2) is 82.3 Å². The molecule has 3 amide bonds. The van der Waals surface area contributed by atoms with Crippen LogP contribution in [0.15, 0.2) is 4.99 Å². The van der Waals surface area contributed by atoms with Gasteiger partial charge in [0, 0.05) is 12.3 Å². The molecule has 0 saturated carbocycles. The van der Waals surface area contributed by atoms with Crippen molar-refractivity contribution >= 4 is 48.2 Å². The van der Waals surface area contributed by atoms with E-state index in [2.05, 4.69) is 33.6 Å². The number of aliphatic imine (C=N–C) groups is 1. The van der Waals surface area contributed by atoms with E-state index < -0.39 is 60.2 Å². The summed E-state index contributed by atoms with van der Waals surface area (Å²) in [5.41, 5.74) is 16.2. The lowest BCUT2D eigenvalue weighted by molar-refractivity contribution is -0.144. The summed E-state index contributed by atoms with van der Waals surface area (Å²) in [7, 11) is 0. The van der Waals surface area contributed by atoms with Crippen LogP contribution in [0.3, 0.4) is 0 Å². The van der Waals surface area contributed by atoms with E-state index in [1.165, 1.54) is 0 Å². The number of hydrogen-bond donors (Lipinski definition) is 9. The van der Waals surface area contributed by atoms with Crippen LogP contribution in [0.4, 0.5) is 0 Å². The third-order valence-corrected chi connectivity index (χ3v) is 5.27. The molecule has 0 aliphatic heterocycles. The summed E-state index contributed by atoms with van der Waals surface area (Å²) in [4.78, 5) is 63.9. The Hall–Kier alpha value is -3.07. The summed E-state index contributed by atoms with van der Waals surface area (Å²) >= 11 is 4.01. The summed E-state index contributed by atoms with van der Waals surface area (Å²) in [5.74, 6) is -5.87. The zero-order valence-electron chi connectivity index (χ0n) is 19.2. The van der Waals surface area contributed by atoms with E-state index in [0.29, 0.717) is 12.8 Å². The highest BCUT2D eigenvalue weighted by Crippen LogP contribution is 2.08. The lowest BCUT2D eigenvalue weighted by Crippen LogP contribution is -2.58. The largest absolute Gasteiger partial charge is 0.481 e. The number of guanidine groups is 1. The van der Waals surface area contributed by atoms with Crippen LogP contribution >= 0.6 is 12.6 Å². The molecule has 0 spiro atoms. The molecule has 0 heterocycles. The molecule has 14 nitrogen and oxygen atoms in total. The molecule has 0 aromatic rings. The first-order chi connectivity index (χ1) is 15.8. The highest BCUT2D eigenvalue weighted by Gasteiger charge is 2.32. The topological polar surface area (TPSA) is 252 Å². The average Bonchev–Trinajstić information content (AvgIpc) is 2.76. The Bertz CT molecular complexity index is 761. The minimum absolute atomic E-state index is 0.113. The number of aliphatic carboxylic acids is 2. The summed E-state index contributed by atoms with van der Waals surface area (Å²) in [6, 6.07) is -5.06. The van der Waals surface area contributed by atoms with Crippen molar-refractivity contribution in [3.8, 4) is 0 Å². The zero-order chi connectivity index (χ0) is 26.4. The van der Waals surface area contributed by atoms with Crippen molar-refractivity contribution in [2.45, 2.75) is 63.7 Å². The van der Waals surface area contributed by atoms with E-state index in [0.717, 1.165) is 0 Å². The second-order valence-corrected chi connectivity index (χ2v) is 8.03. The Morgan fingerprint density at radius 1 is 0.971 bits per heavy atom. The monoisotopic (exact) mass is 505 g/mol. The molecule has 11 N–H and O–H groups in total. The van der Waals surface area contributed by atoms with Crippen LogP contribution in [-0.2, 0) is 24.0 Å². The van der Waals surface area contributed by atoms with Gasteiger partial charge in [0.25, 0.3) is 0 Å². The van der Waals surface area contributed by atoms with Crippen molar-refractivity contribution in [2.24, 2.45) is 28.1 Å². The maximum atomic E-state index is 12.6. The SMILES string of the molecule is CCC(C)C(NC(=O)C(CS)NC(=O)C(CC(=O)O)NC(=O)C(N)CCCN=C(N)N)C(=O)O. The van der Waals surface area contributed by atoms with E-state index in [4.69, 9.17) is 22.3 Å². The van der Waals surface area contributed by atoms with Crippen molar-refractivity contribution in [2.75, 3.05) is 12.3 Å².